The van der Waals surface area contributed by atoms with Gasteiger partial charge in [0, 0.05) is 30.0 Å². The van der Waals surface area contributed by atoms with Crippen LogP contribution < -0.4 is 5.43 Å². The molecule has 3 heteroatoms. The summed E-state index contributed by atoms with van der Waals surface area (Å²) in [7, 11) is 0. The number of fused-ring (bicyclic) bond motifs is 1. The van der Waals surface area contributed by atoms with Crippen LogP contribution in [0.15, 0.2) is 59.8 Å². The molecule has 0 bridgehead atoms. The topological polar surface area (TPSA) is 45.8 Å². The summed E-state index contributed by atoms with van der Waals surface area (Å²) in [6.07, 6.45) is 5.09. The Hall–Kier alpha value is -2.42. The van der Waals surface area contributed by atoms with Gasteiger partial charge in [0.25, 0.3) is 0 Å². The molecule has 1 N–H and O–H groups in total. The molecule has 0 aliphatic heterocycles. The zero-order valence-electron chi connectivity index (χ0n) is 9.05. The van der Waals surface area contributed by atoms with E-state index in [1.807, 2.05) is 30.3 Å². The Morgan fingerprint density at radius 2 is 1.88 bits per heavy atom. The summed E-state index contributed by atoms with van der Waals surface area (Å²) in [6.45, 7) is 0. The summed E-state index contributed by atoms with van der Waals surface area (Å²) in [5.41, 5.74) is 1.27. The normalized spacial score (nSPS) is 10.6. The van der Waals surface area contributed by atoms with E-state index in [-0.39, 0.29) is 5.43 Å². The van der Waals surface area contributed by atoms with Crippen molar-refractivity contribution in [2.45, 2.75) is 0 Å². The van der Waals surface area contributed by atoms with Crippen molar-refractivity contribution in [3.8, 4) is 11.3 Å². The van der Waals surface area contributed by atoms with E-state index in [0.717, 1.165) is 10.8 Å². The molecule has 3 aromatic rings. The van der Waals surface area contributed by atoms with Crippen molar-refractivity contribution in [2.75, 3.05) is 0 Å². The van der Waals surface area contributed by atoms with Gasteiger partial charge in [-0.3, -0.25) is 9.78 Å². The van der Waals surface area contributed by atoms with Gasteiger partial charge >= 0.3 is 0 Å². The molecule has 0 spiro atoms. The molecule has 0 saturated carbocycles. The van der Waals surface area contributed by atoms with Crippen molar-refractivity contribution >= 4 is 10.8 Å². The molecule has 0 aliphatic carbocycles. The molecule has 1 aromatic carbocycles. The zero-order valence-corrected chi connectivity index (χ0v) is 9.05. The predicted octanol–water partition coefficient (Wildman–Crippen LogP) is 2.59. The van der Waals surface area contributed by atoms with E-state index in [0.29, 0.717) is 11.3 Å². The fourth-order valence-corrected chi connectivity index (χ4v) is 1.85. The molecule has 3 rings (SSSR count). The number of hydrogen-bond acceptors (Lipinski definition) is 2. The van der Waals surface area contributed by atoms with Crippen molar-refractivity contribution < 1.29 is 0 Å². The van der Waals surface area contributed by atoms with Crippen LogP contribution in [0.4, 0.5) is 0 Å². The number of H-pyrrole nitrogens is 1. The molecule has 0 aliphatic rings. The number of aromatic nitrogens is 2. The number of nitrogens with zero attached hydrogens (tertiary/aromatic N) is 1. The number of aromatic amines is 1. The number of rotatable bonds is 1. The lowest BCUT2D eigenvalue weighted by Crippen LogP contribution is -2.03. The predicted molar refractivity (Wildman–Crippen MR) is 67.8 cm³/mol. The first-order valence-electron chi connectivity index (χ1n) is 5.37. The molecule has 82 valence electrons. The third-order valence-electron chi connectivity index (χ3n) is 2.73. The third-order valence-corrected chi connectivity index (χ3v) is 2.73. The third kappa shape index (κ3) is 1.72. The fourth-order valence-electron chi connectivity index (χ4n) is 1.85. The minimum atomic E-state index is -0.0217. The van der Waals surface area contributed by atoms with Crippen molar-refractivity contribution in [3.63, 3.8) is 0 Å². The summed E-state index contributed by atoms with van der Waals surface area (Å²) >= 11 is 0. The van der Waals surface area contributed by atoms with Crippen LogP contribution in [0.3, 0.4) is 0 Å². The average molecular weight is 222 g/mol. The highest BCUT2D eigenvalue weighted by atomic mass is 16.1. The van der Waals surface area contributed by atoms with Gasteiger partial charge in [-0.05, 0) is 11.5 Å². The highest BCUT2D eigenvalue weighted by molar-refractivity contribution is 5.84. The standard InChI is InChI=1S/C14H10N2O/c17-14-5-6-15-9-12(14)13-7-10-3-1-2-4-11(10)8-16-13/h1-9H,(H,15,17). The lowest BCUT2D eigenvalue weighted by Gasteiger charge is -2.01. The first-order chi connectivity index (χ1) is 8.34. The molecule has 3 nitrogen and oxygen atoms in total. The number of benzene rings is 1. The van der Waals surface area contributed by atoms with Crippen LogP contribution >= 0.6 is 0 Å². The smallest absolute Gasteiger partial charge is 0.190 e. The number of hydrogen-bond donors (Lipinski definition) is 1. The van der Waals surface area contributed by atoms with Crippen molar-refractivity contribution in [3.05, 3.63) is 65.2 Å². The first kappa shape index (κ1) is 9.78. The summed E-state index contributed by atoms with van der Waals surface area (Å²) < 4.78 is 0. The van der Waals surface area contributed by atoms with Crippen LogP contribution in [-0.4, -0.2) is 9.97 Å². The molecule has 0 atom stereocenters. The van der Waals surface area contributed by atoms with Crippen molar-refractivity contribution in [1.82, 2.24) is 9.97 Å². The molecule has 2 heterocycles. The maximum absolute atomic E-state index is 11.7. The van der Waals surface area contributed by atoms with Crippen LogP contribution in [0, 0.1) is 0 Å². The van der Waals surface area contributed by atoms with Crippen molar-refractivity contribution in [2.24, 2.45) is 0 Å². The summed E-state index contributed by atoms with van der Waals surface area (Å²) in [6, 6.07) is 11.4. The van der Waals surface area contributed by atoms with Crippen LogP contribution in [0.5, 0.6) is 0 Å². The Morgan fingerprint density at radius 1 is 1.06 bits per heavy atom. The van der Waals surface area contributed by atoms with Gasteiger partial charge in [0.2, 0.25) is 0 Å². The fraction of sp³-hybridized carbons (Fsp3) is 0. The molecule has 0 unspecified atom stereocenters. The highest BCUT2D eigenvalue weighted by Crippen LogP contribution is 2.18. The SMILES string of the molecule is O=c1cc[nH]cc1-c1cc2ccccc2cn1. The van der Waals surface area contributed by atoms with Gasteiger partial charge in [0.05, 0.1) is 11.3 Å². The largest absolute Gasteiger partial charge is 0.367 e. The second-order valence-electron chi connectivity index (χ2n) is 3.84. The highest BCUT2D eigenvalue weighted by Gasteiger charge is 2.04. The molecule has 0 radical (unpaired) electrons. The molecule has 0 saturated heterocycles. The number of nitrogens with one attached hydrogen (secondary N) is 1. The summed E-state index contributed by atoms with van der Waals surface area (Å²) in [5.74, 6) is 0. The van der Waals surface area contributed by atoms with Gasteiger partial charge in [-0.2, -0.15) is 0 Å². The molecule has 17 heavy (non-hydrogen) atoms. The minimum Gasteiger partial charge on any atom is -0.367 e. The lowest BCUT2D eigenvalue weighted by molar-refractivity contribution is 1.27. The lowest BCUT2D eigenvalue weighted by atomic mass is 10.1. The Balaban J connectivity index is 2.25. The van der Waals surface area contributed by atoms with Gasteiger partial charge in [-0.25, -0.2) is 0 Å². The molecule has 0 fully saturated rings. The van der Waals surface area contributed by atoms with E-state index >= 15 is 0 Å². The Morgan fingerprint density at radius 3 is 2.71 bits per heavy atom. The van der Waals surface area contributed by atoms with Gasteiger partial charge < -0.3 is 4.98 Å². The van der Waals surface area contributed by atoms with Gasteiger partial charge in [-0.1, -0.05) is 24.3 Å². The quantitative estimate of drug-likeness (QED) is 0.687. The summed E-state index contributed by atoms with van der Waals surface area (Å²) in [5, 5.41) is 2.16. The monoisotopic (exact) mass is 222 g/mol. The van der Waals surface area contributed by atoms with E-state index in [1.54, 1.807) is 18.6 Å². The van der Waals surface area contributed by atoms with E-state index in [4.69, 9.17) is 0 Å². The van der Waals surface area contributed by atoms with E-state index in [1.165, 1.54) is 6.07 Å². The number of pyridine rings is 2. The van der Waals surface area contributed by atoms with Crippen LogP contribution in [0.1, 0.15) is 0 Å². The van der Waals surface area contributed by atoms with Crippen LogP contribution in [-0.2, 0) is 0 Å². The Labute approximate surface area is 97.8 Å². The van der Waals surface area contributed by atoms with Gasteiger partial charge in [0.1, 0.15) is 0 Å². The van der Waals surface area contributed by atoms with Gasteiger partial charge in [0.15, 0.2) is 5.43 Å². The van der Waals surface area contributed by atoms with E-state index in [9.17, 15) is 4.79 Å². The minimum absolute atomic E-state index is 0.0217. The zero-order chi connectivity index (χ0) is 11.7. The molecular weight excluding hydrogens is 212 g/mol. The van der Waals surface area contributed by atoms with E-state index in [2.05, 4.69) is 9.97 Å². The molecule has 0 amide bonds. The second-order valence-corrected chi connectivity index (χ2v) is 3.84. The molecule has 2 aromatic heterocycles. The maximum Gasteiger partial charge on any atom is 0.190 e. The molecular formula is C14H10N2O. The van der Waals surface area contributed by atoms with Crippen LogP contribution in [0.2, 0.25) is 0 Å². The Kier molecular flexibility index (Phi) is 2.22. The van der Waals surface area contributed by atoms with Gasteiger partial charge in [-0.15, -0.1) is 0 Å². The maximum atomic E-state index is 11.7. The van der Waals surface area contributed by atoms with E-state index < -0.39 is 0 Å². The van der Waals surface area contributed by atoms with Crippen molar-refractivity contribution in [1.29, 1.82) is 0 Å². The summed E-state index contributed by atoms with van der Waals surface area (Å²) in [4.78, 5) is 18.9. The first-order valence-corrected chi connectivity index (χ1v) is 5.37. The van der Waals surface area contributed by atoms with Crippen LogP contribution in [0.25, 0.3) is 22.0 Å². The second kappa shape index (κ2) is 3.87. The Bertz CT molecular complexity index is 731. The average Bonchev–Trinajstić information content (AvgIpc) is 2.39.